The zero-order chi connectivity index (χ0) is 13.5. The summed E-state index contributed by atoms with van der Waals surface area (Å²) in [6.45, 7) is 1.33. The fourth-order valence-corrected chi connectivity index (χ4v) is 1.80. The predicted octanol–water partition coefficient (Wildman–Crippen LogP) is 2.31. The molecule has 0 amide bonds. The minimum Gasteiger partial charge on any atom is -0.497 e. The molecule has 0 aliphatic heterocycles. The molecule has 4 nitrogen and oxygen atoms in total. The number of methoxy groups -OCH3 is 1. The fourth-order valence-electron chi connectivity index (χ4n) is 1.80. The van der Waals surface area contributed by atoms with Crippen LogP contribution in [0.25, 0.3) is 0 Å². The second-order valence-corrected chi connectivity index (χ2v) is 4.24. The molecule has 0 heterocycles. The van der Waals surface area contributed by atoms with Crippen molar-refractivity contribution in [2.24, 2.45) is 5.92 Å². The maximum absolute atomic E-state index is 11.1. The van der Waals surface area contributed by atoms with Crippen molar-refractivity contribution >= 4 is 11.8 Å². The van der Waals surface area contributed by atoms with E-state index in [2.05, 4.69) is 0 Å². The number of ketones is 1. The van der Waals surface area contributed by atoms with E-state index in [-0.39, 0.29) is 421 Å². The van der Waals surface area contributed by atoms with E-state index in [9.17, 15) is 9.59 Å². The van der Waals surface area contributed by atoms with Crippen LogP contribution < -0.4 is 4.74 Å². The van der Waals surface area contributed by atoms with E-state index < -0.39 is 11.9 Å². The van der Waals surface area contributed by atoms with E-state index in [4.69, 9.17) is 9.84 Å². The Morgan fingerprint density at radius 3 is 1.48 bits per heavy atom. The van der Waals surface area contributed by atoms with Gasteiger partial charge in [0, 0.05) is 415 Å². The number of aliphatic carboxylic acids is 1. The molecule has 0 spiro atoms. The van der Waals surface area contributed by atoms with Crippen molar-refractivity contribution in [3.05, 3.63) is 29.8 Å². The number of benzene rings is 1. The van der Waals surface area contributed by atoms with Crippen molar-refractivity contribution < 1.29 is 435 Å². The van der Waals surface area contributed by atoms with E-state index in [0.29, 0.717) is 12.8 Å². The largest absolute Gasteiger partial charge is 0.497 e. The second kappa shape index (κ2) is 49.7. The summed E-state index contributed by atoms with van der Waals surface area (Å²) in [7, 11) is 1.61. The fraction of sp³-hybridized carbons (Fsp3) is 0.429. The first-order valence-corrected chi connectivity index (χ1v) is 5.90. The first-order chi connectivity index (χ1) is 8.54. The van der Waals surface area contributed by atoms with E-state index in [1.807, 2.05) is 24.3 Å². The Balaban J connectivity index is -0.0000000327. The molecular formula is C14H18Ar11O4. The van der Waals surface area contributed by atoms with Gasteiger partial charge in [-0.15, -0.1) is 0 Å². The summed E-state index contributed by atoms with van der Waals surface area (Å²) in [6.07, 6.45) is 1.83. The van der Waals surface area contributed by atoms with Crippen molar-refractivity contribution in [2.45, 2.75) is 26.2 Å². The van der Waals surface area contributed by atoms with Crippen LogP contribution in [0.1, 0.15) is 25.3 Å². The molecule has 1 unspecified atom stereocenters. The molecule has 0 saturated carbocycles. The summed E-state index contributed by atoms with van der Waals surface area (Å²) in [5, 5.41) is 8.87. The Labute approximate surface area is 504 Å². The van der Waals surface area contributed by atoms with Gasteiger partial charge >= 0.3 is 5.97 Å². The molecule has 0 aliphatic rings. The monoisotopic (exact) mass is 690 g/mol. The molecule has 29 heavy (non-hydrogen) atoms. The van der Waals surface area contributed by atoms with Gasteiger partial charge in [0.05, 0.1) is 7.11 Å². The molecule has 186 valence electrons. The first-order valence-electron chi connectivity index (χ1n) is 5.90. The van der Waals surface area contributed by atoms with Crippen molar-refractivity contribution in [2.75, 3.05) is 7.11 Å². The molecule has 1 aromatic carbocycles. The van der Waals surface area contributed by atoms with Gasteiger partial charge in [0.25, 0.3) is 0 Å². The SMILES string of the molecule is COc1ccc(CCCC(C(C)=O)C(=O)O)cc1.[Ar].[Ar].[Ar].[Ar].[Ar].[Ar].[Ar].[Ar].[Ar].[Ar].[Ar]. The normalized spacial score (nSPS) is 7.38. The minimum atomic E-state index is -1.03. The van der Waals surface area contributed by atoms with Gasteiger partial charge < -0.3 is 9.84 Å². The Morgan fingerprint density at radius 2 is 1.21 bits per heavy atom. The molecule has 1 atom stereocenters. The van der Waals surface area contributed by atoms with E-state index in [1.165, 1.54) is 6.92 Å². The predicted molar refractivity (Wildman–Crippen MR) is 67.7 cm³/mol. The molecular weight excluding hydrogens is 672 g/mol. The average Bonchev–Trinajstić information content (AvgIpc) is 2.34. The Bertz CT molecular complexity index is 422. The van der Waals surface area contributed by atoms with Crippen LogP contribution in [0.4, 0.5) is 0 Å². The van der Waals surface area contributed by atoms with Crippen LogP contribution in [-0.2, 0) is 16.0 Å². The third kappa shape index (κ3) is 40.0. The number of rotatable bonds is 7. The van der Waals surface area contributed by atoms with Crippen molar-refractivity contribution in [3.8, 4) is 5.75 Å². The second-order valence-electron chi connectivity index (χ2n) is 4.24. The first kappa shape index (κ1) is 72.9. The number of ether oxygens (including phenoxy) is 1. The van der Waals surface area contributed by atoms with Crippen LogP contribution >= 0.6 is 0 Å². The van der Waals surface area contributed by atoms with E-state index >= 15 is 0 Å². The van der Waals surface area contributed by atoms with Gasteiger partial charge in [-0.3, -0.25) is 9.59 Å². The summed E-state index contributed by atoms with van der Waals surface area (Å²) in [5.41, 5.74) is 1.11. The molecule has 0 aliphatic carbocycles. The summed E-state index contributed by atoms with van der Waals surface area (Å²) in [4.78, 5) is 21.9. The molecule has 1 aromatic rings. The third-order valence-corrected chi connectivity index (χ3v) is 2.91. The van der Waals surface area contributed by atoms with Crippen LogP contribution in [0.5, 0.6) is 5.75 Å². The smallest absolute Gasteiger partial charge is 0.314 e. The van der Waals surface area contributed by atoms with Gasteiger partial charge in [-0.2, -0.15) is 0 Å². The molecule has 0 saturated heterocycles. The van der Waals surface area contributed by atoms with Crippen molar-refractivity contribution in [1.82, 2.24) is 0 Å². The zero-order valence-corrected chi connectivity index (χ0v) is 22.3. The number of carbonyl (C=O) groups is 2. The van der Waals surface area contributed by atoms with Crippen LogP contribution in [0.2, 0.25) is 0 Å². The van der Waals surface area contributed by atoms with Crippen LogP contribution in [0, 0.1) is 421 Å². The Morgan fingerprint density at radius 1 is 0.828 bits per heavy atom. The maximum atomic E-state index is 11.1. The summed E-state index contributed by atoms with van der Waals surface area (Å²) in [6, 6.07) is 7.63. The van der Waals surface area contributed by atoms with Gasteiger partial charge in [0.15, 0.2) is 0 Å². The molecule has 0 bridgehead atoms. The van der Waals surface area contributed by atoms with Gasteiger partial charge in [-0.05, 0) is 43.9 Å². The molecule has 15 heteroatoms. The molecule has 0 fully saturated rings. The molecule has 1 N–H and O–H groups in total. The van der Waals surface area contributed by atoms with Crippen molar-refractivity contribution in [1.29, 1.82) is 0 Å². The van der Waals surface area contributed by atoms with Gasteiger partial charge in [-0.25, -0.2) is 0 Å². The number of carboxylic acid groups (broad SMARTS) is 1. The summed E-state index contributed by atoms with van der Waals surface area (Å²) < 4.78 is 5.05. The van der Waals surface area contributed by atoms with E-state index in [1.54, 1.807) is 7.11 Å². The van der Waals surface area contributed by atoms with Crippen LogP contribution in [-0.4, -0.2) is 24.0 Å². The summed E-state index contributed by atoms with van der Waals surface area (Å²) >= 11 is 0. The third-order valence-electron chi connectivity index (χ3n) is 2.91. The average molecular weight is 690 g/mol. The van der Waals surface area contributed by atoms with Crippen LogP contribution in [0.3, 0.4) is 0 Å². The van der Waals surface area contributed by atoms with Gasteiger partial charge in [0.1, 0.15) is 17.5 Å². The maximum Gasteiger partial charge on any atom is 0.314 e. The molecule has 1 rings (SSSR count). The van der Waals surface area contributed by atoms with Gasteiger partial charge in [-0.1, -0.05) is 12.1 Å². The number of carboxylic acids is 1. The number of carbonyl (C=O) groups excluding carboxylic acids is 1. The number of hydrogen-bond acceptors (Lipinski definition) is 3. The molecule has 0 radical (unpaired) electrons. The zero-order valence-electron chi connectivity index (χ0n) is 14.6. The topological polar surface area (TPSA) is 63.6 Å². The standard InChI is InChI=1S/C14H18O4.11Ar/c1-10(15)13(14(16)17)5-3-4-11-6-8-12(18-2)9-7-11;;;;;;;;;;;/h6-9,13H,3-5H2,1-2H3,(H,16,17);;;;;;;;;;;. The van der Waals surface area contributed by atoms with Gasteiger partial charge in [0.2, 0.25) is 0 Å². The quantitative estimate of drug-likeness (QED) is 0.447. The number of hydrogen-bond donors (Lipinski definition) is 1. The number of Topliss-reactive ketones (excluding diaryl/α,β-unsaturated/α-hetero) is 1. The number of aryl methyl sites for hydroxylation is 1. The minimum absolute atomic E-state index is 0. The Kier molecular flexibility index (Phi) is 125. The summed E-state index contributed by atoms with van der Waals surface area (Å²) in [5.74, 6) is -1.39. The Hall–Kier alpha value is 12.0. The van der Waals surface area contributed by atoms with Crippen molar-refractivity contribution in [3.63, 3.8) is 0 Å². The molecule has 0 aromatic heterocycles. The van der Waals surface area contributed by atoms with Crippen LogP contribution in [0.15, 0.2) is 24.3 Å². The van der Waals surface area contributed by atoms with E-state index in [0.717, 1.165) is 17.7 Å².